The lowest BCUT2D eigenvalue weighted by molar-refractivity contribution is -0.384. The third-order valence-electron chi connectivity index (χ3n) is 1.86. The van der Waals surface area contributed by atoms with Crippen LogP contribution in [0.2, 0.25) is 0 Å². The van der Waals surface area contributed by atoms with E-state index in [9.17, 15) is 10.1 Å². The first kappa shape index (κ1) is 9.41. The summed E-state index contributed by atoms with van der Waals surface area (Å²) in [6.45, 7) is 1.26. The Morgan fingerprint density at radius 1 is 1.71 bits per heavy atom. The van der Waals surface area contributed by atoms with Gasteiger partial charge in [-0.25, -0.2) is 4.68 Å². The highest BCUT2D eigenvalue weighted by atomic mass is 79.9. The smallest absolute Gasteiger partial charge is 0.345 e. The van der Waals surface area contributed by atoms with Crippen LogP contribution in [0.3, 0.4) is 0 Å². The summed E-state index contributed by atoms with van der Waals surface area (Å²) < 4.78 is 6.87. The van der Waals surface area contributed by atoms with E-state index in [4.69, 9.17) is 4.74 Å². The van der Waals surface area contributed by atoms with Crippen molar-refractivity contribution >= 4 is 27.4 Å². The molecule has 14 heavy (non-hydrogen) atoms. The molecule has 1 N–H and O–H groups in total. The molecule has 2 heterocycles. The molecule has 0 radical (unpaired) electrons. The average molecular weight is 263 g/mol. The normalized spacial score (nSPS) is 15.5. The largest absolute Gasteiger partial charge is 0.359 e. The van der Waals surface area contributed by atoms with Gasteiger partial charge >= 0.3 is 5.69 Å². The first-order valence-electron chi connectivity index (χ1n) is 3.92. The molecule has 76 valence electrons. The second kappa shape index (κ2) is 3.54. The van der Waals surface area contributed by atoms with Crippen LogP contribution in [0.15, 0.2) is 4.60 Å². The molecule has 1 aliphatic rings. The first-order valence-corrected chi connectivity index (χ1v) is 4.72. The van der Waals surface area contributed by atoms with Crippen molar-refractivity contribution in [3.63, 3.8) is 0 Å². The van der Waals surface area contributed by atoms with E-state index in [1.165, 1.54) is 4.68 Å². The lowest BCUT2D eigenvalue weighted by atomic mass is 10.5. The summed E-state index contributed by atoms with van der Waals surface area (Å²) in [7, 11) is 0. The van der Waals surface area contributed by atoms with Gasteiger partial charge in [-0.15, -0.1) is 0 Å². The van der Waals surface area contributed by atoms with Crippen LogP contribution in [0.4, 0.5) is 11.5 Å². The van der Waals surface area contributed by atoms with Gasteiger partial charge in [0.05, 0.1) is 18.1 Å². The average Bonchev–Trinajstić information content (AvgIpc) is 2.31. The van der Waals surface area contributed by atoms with Gasteiger partial charge in [-0.1, -0.05) is 0 Å². The summed E-state index contributed by atoms with van der Waals surface area (Å²) in [6, 6.07) is 0. The Kier molecular flexibility index (Phi) is 2.38. The Bertz CT molecular complexity index is 377. The van der Waals surface area contributed by atoms with Crippen molar-refractivity contribution in [1.82, 2.24) is 9.78 Å². The highest BCUT2D eigenvalue weighted by Gasteiger charge is 2.27. The number of nitro groups is 1. The number of halogens is 1. The number of rotatable bonds is 1. The number of aromatic nitrogens is 2. The molecule has 1 aliphatic heterocycles. The summed E-state index contributed by atoms with van der Waals surface area (Å²) in [4.78, 5) is 10.2. The number of hydrogen-bond donors (Lipinski definition) is 1. The van der Waals surface area contributed by atoms with Gasteiger partial charge in [-0.3, -0.25) is 10.1 Å². The van der Waals surface area contributed by atoms with Crippen molar-refractivity contribution in [2.24, 2.45) is 0 Å². The highest BCUT2D eigenvalue weighted by molar-refractivity contribution is 9.10. The van der Waals surface area contributed by atoms with Gasteiger partial charge in [0.2, 0.25) is 10.4 Å². The quantitative estimate of drug-likeness (QED) is 0.602. The number of nitrogens with one attached hydrogen (secondary N) is 1. The maximum absolute atomic E-state index is 10.7. The molecule has 2 rings (SSSR count). The van der Waals surface area contributed by atoms with Crippen molar-refractivity contribution in [3.05, 3.63) is 14.7 Å². The topological polar surface area (TPSA) is 82.2 Å². The highest BCUT2D eigenvalue weighted by Crippen LogP contribution is 2.32. The molecule has 0 saturated heterocycles. The van der Waals surface area contributed by atoms with Crippen LogP contribution in [-0.4, -0.2) is 28.0 Å². The number of hydrogen-bond acceptors (Lipinski definition) is 5. The van der Waals surface area contributed by atoms with Crippen LogP contribution in [0.5, 0.6) is 0 Å². The first-order chi connectivity index (χ1) is 6.70. The number of anilines is 1. The molecular weight excluding hydrogens is 256 g/mol. The van der Waals surface area contributed by atoms with Crippen molar-refractivity contribution in [2.75, 3.05) is 18.7 Å². The van der Waals surface area contributed by atoms with Crippen LogP contribution >= 0.6 is 15.9 Å². The predicted molar refractivity (Wildman–Crippen MR) is 51.0 cm³/mol. The molecule has 8 heteroatoms. The van der Waals surface area contributed by atoms with Crippen molar-refractivity contribution in [3.8, 4) is 0 Å². The van der Waals surface area contributed by atoms with E-state index in [-0.39, 0.29) is 17.0 Å². The molecule has 0 aliphatic carbocycles. The summed E-state index contributed by atoms with van der Waals surface area (Å²) in [6.07, 6.45) is 0. The fourth-order valence-corrected chi connectivity index (χ4v) is 1.79. The Hall–Kier alpha value is -1.15. The van der Waals surface area contributed by atoms with Crippen molar-refractivity contribution in [1.29, 1.82) is 0 Å². The van der Waals surface area contributed by atoms with Crippen LogP contribution in [-0.2, 0) is 11.3 Å². The predicted octanol–water partition coefficient (Wildman–Crippen LogP) is 0.953. The second-order valence-electron chi connectivity index (χ2n) is 2.70. The minimum absolute atomic E-state index is 0.0458. The molecule has 0 bridgehead atoms. The summed E-state index contributed by atoms with van der Waals surface area (Å²) in [5, 5.41) is 17.5. The lowest BCUT2D eigenvalue weighted by Gasteiger charge is -2.00. The second-order valence-corrected chi connectivity index (χ2v) is 3.45. The number of fused-ring (bicyclic) bond motifs is 1. The van der Waals surface area contributed by atoms with Gasteiger partial charge in [-0.2, -0.15) is 5.10 Å². The molecule has 1 aromatic rings. The van der Waals surface area contributed by atoms with E-state index in [1.54, 1.807) is 0 Å². The molecule has 0 aromatic carbocycles. The Morgan fingerprint density at radius 2 is 2.50 bits per heavy atom. The maximum atomic E-state index is 10.7. The van der Waals surface area contributed by atoms with Gasteiger partial charge in [0, 0.05) is 0 Å². The van der Waals surface area contributed by atoms with Crippen LogP contribution in [0.1, 0.15) is 0 Å². The van der Waals surface area contributed by atoms with Crippen LogP contribution in [0, 0.1) is 10.1 Å². The third-order valence-corrected chi connectivity index (χ3v) is 2.39. The summed E-state index contributed by atoms with van der Waals surface area (Å²) >= 11 is 3.05. The lowest BCUT2D eigenvalue weighted by Crippen LogP contribution is -2.05. The molecule has 0 fully saturated rings. The molecule has 0 amide bonds. The zero-order valence-corrected chi connectivity index (χ0v) is 8.65. The van der Waals surface area contributed by atoms with Crippen LogP contribution < -0.4 is 5.32 Å². The molecule has 0 saturated carbocycles. The Morgan fingerprint density at radius 3 is 3.21 bits per heavy atom. The van der Waals surface area contributed by atoms with Gasteiger partial charge in [-0.05, 0) is 15.9 Å². The van der Waals surface area contributed by atoms with Crippen molar-refractivity contribution in [2.45, 2.75) is 6.54 Å². The fourth-order valence-electron chi connectivity index (χ4n) is 1.26. The minimum atomic E-state index is -0.471. The van der Waals surface area contributed by atoms with Gasteiger partial charge in [0.25, 0.3) is 0 Å². The Balaban J connectivity index is 2.49. The molecule has 0 unspecified atom stereocenters. The van der Waals surface area contributed by atoms with Gasteiger partial charge < -0.3 is 10.1 Å². The van der Waals surface area contributed by atoms with Gasteiger partial charge in [0.1, 0.15) is 6.73 Å². The minimum Gasteiger partial charge on any atom is -0.359 e. The zero-order valence-electron chi connectivity index (χ0n) is 7.07. The van der Waals surface area contributed by atoms with E-state index in [0.717, 1.165) is 0 Å². The van der Waals surface area contributed by atoms with Crippen LogP contribution in [0.25, 0.3) is 0 Å². The fraction of sp³-hybridized carbons (Fsp3) is 0.500. The summed E-state index contributed by atoms with van der Waals surface area (Å²) in [5.74, 6) is 0.388. The number of nitrogens with zero attached hydrogens (tertiary/aromatic N) is 3. The van der Waals surface area contributed by atoms with E-state index in [0.29, 0.717) is 19.0 Å². The third kappa shape index (κ3) is 1.46. The van der Waals surface area contributed by atoms with Gasteiger partial charge in [0.15, 0.2) is 0 Å². The SMILES string of the molecule is O=[N+]([O-])c1c(Br)nn2c1NCOCC2. The van der Waals surface area contributed by atoms with Crippen molar-refractivity contribution < 1.29 is 9.66 Å². The van der Waals surface area contributed by atoms with E-state index in [2.05, 4.69) is 26.3 Å². The monoisotopic (exact) mass is 262 g/mol. The molecule has 1 aromatic heterocycles. The van der Waals surface area contributed by atoms with E-state index in [1.807, 2.05) is 0 Å². The Labute approximate surface area is 87.3 Å². The molecular formula is C6H7BrN4O3. The maximum Gasteiger partial charge on any atom is 0.345 e. The number of ether oxygens (including phenoxy) is 1. The summed E-state index contributed by atoms with van der Waals surface area (Å²) in [5.41, 5.74) is -0.0458. The molecule has 0 spiro atoms. The molecule has 0 atom stereocenters. The standard InChI is InChI=1S/C6H7BrN4O3/c7-5-4(11(12)13)6-8-3-14-2-1-10(6)9-5/h8H,1-3H2. The zero-order chi connectivity index (χ0) is 10.1. The van der Waals surface area contributed by atoms with E-state index >= 15 is 0 Å². The van der Waals surface area contributed by atoms with E-state index < -0.39 is 4.92 Å². The molecule has 7 nitrogen and oxygen atoms in total.